The molecule has 2 bridgehead atoms. The highest BCUT2D eigenvalue weighted by molar-refractivity contribution is 5.64. The molecule has 37 heavy (non-hydrogen) atoms. The molecule has 1 fully saturated rings. The van der Waals surface area contributed by atoms with E-state index >= 15 is 0 Å². The van der Waals surface area contributed by atoms with Gasteiger partial charge in [0.25, 0.3) is 0 Å². The zero-order valence-corrected chi connectivity index (χ0v) is 20.7. The number of halogens is 2. The van der Waals surface area contributed by atoms with Crippen LogP contribution in [0.5, 0.6) is 0 Å². The highest BCUT2D eigenvalue weighted by atomic mass is 19.1. The van der Waals surface area contributed by atoms with Gasteiger partial charge in [0.2, 0.25) is 5.89 Å². The molecule has 1 saturated carbocycles. The first-order valence-corrected chi connectivity index (χ1v) is 12.3. The van der Waals surface area contributed by atoms with E-state index < -0.39 is 17.0 Å². The molecule has 9 heteroatoms. The predicted octanol–water partition coefficient (Wildman–Crippen LogP) is 5.77. The summed E-state index contributed by atoms with van der Waals surface area (Å²) in [4.78, 5) is 13.9. The third-order valence-corrected chi connectivity index (χ3v) is 8.18. The van der Waals surface area contributed by atoms with E-state index in [2.05, 4.69) is 40.1 Å². The Bertz CT molecular complexity index is 1550. The molecule has 2 aliphatic carbocycles. The van der Waals surface area contributed by atoms with Crippen LogP contribution in [0.25, 0.3) is 22.8 Å². The molecule has 6 rings (SSSR count). The van der Waals surface area contributed by atoms with Crippen molar-refractivity contribution in [2.24, 2.45) is 11.3 Å². The van der Waals surface area contributed by atoms with Crippen molar-refractivity contribution < 1.29 is 13.2 Å². The normalized spacial score (nSPS) is 22.0. The molecule has 0 N–H and O–H groups in total. The first kappa shape index (κ1) is 23.3. The summed E-state index contributed by atoms with van der Waals surface area (Å²) >= 11 is 0. The zero-order valence-electron chi connectivity index (χ0n) is 20.7. The van der Waals surface area contributed by atoms with Crippen molar-refractivity contribution in [3.63, 3.8) is 0 Å². The number of nitriles is 1. The lowest BCUT2D eigenvalue weighted by atomic mass is 9.66. The van der Waals surface area contributed by atoms with Crippen LogP contribution in [0.15, 0.2) is 47.3 Å². The van der Waals surface area contributed by atoms with Gasteiger partial charge in [0.15, 0.2) is 0 Å². The average molecular weight is 499 g/mol. The van der Waals surface area contributed by atoms with Crippen molar-refractivity contribution in [3.8, 4) is 28.9 Å². The SMILES string of the molecule is CC(C#N)Cc1coc(-c2cncc([C@@]34CC[C@@H](c5cc(-c6c(F)cccc6F)nnc53)C4(C)C)n2)n1. The van der Waals surface area contributed by atoms with Gasteiger partial charge in [-0.25, -0.2) is 18.7 Å². The summed E-state index contributed by atoms with van der Waals surface area (Å²) in [5, 5.41) is 18.0. The van der Waals surface area contributed by atoms with E-state index in [0.717, 1.165) is 29.8 Å². The number of rotatable bonds is 5. The van der Waals surface area contributed by atoms with Gasteiger partial charge < -0.3 is 4.42 Å². The third-order valence-electron chi connectivity index (χ3n) is 8.18. The van der Waals surface area contributed by atoms with Gasteiger partial charge in [-0.2, -0.15) is 10.4 Å². The van der Waals surface area contributed by atoms with E-state index in [4.69, 9.17) is 14.7 Å². The quantitative estimate of drug-likeness (QED) is 0.344. The van der Waals surface area contributed by atoms with Crippen LogP contribution in [0.3, 0.4) is 0 Å². The third kappa shape index (κ3) is 3.31. The van der Waals surface area contributed by atoms with Gasteiger partial charge in [-0.3, -0.25) is 4.98 Å². The van der Waals surface area contributed by atoms with Crippen LogP contribution >= 0.6 is 0 Å². The largest absolute Gasteiger partial charge is 0.443 e. The Labute approximate surface area is 212 Å². The van der Waals surface area contributed by atoms with E-state index in [9.17, 15) is 8.78 Å². The maximum Gasteiger partial charge on any atom is 0.246 e. The Hall–Kier alpha value is -4.06. The molecule has 3 heterocycles. The number of benzene rings is 1. The molecule has 4 aromatic rings. The van der Waals surface area contributed by atoms with Crippen LogP contribution in [0.1, 0.15) is 62.2 Å². The lowest BCUT2D eigenvalue weighted by Crippen LogP contribution is -2.38. The van der Waals surface area contributed by atoms with E-state index in [0.29, 0.717) is 23.7 Å². The van der Waals surface area contributed by atoms with E-state index in [-0.39, 0.29) is 28.5 Å². The van der Waals surface area contributed by atoms with Crippen LogP contribution in [-0.2, 0) is 11.8 Å². The van der Waals surface area contributed by atoms with Crippen molar-refractivity contribution in [2.75, 3.05) is 0 Å². The van der Waals surface area contributed by atoms with Gasteiger partial charge in [0.05, 0.1) is 46.0 Å². The molecule has 0 saturated heterocycles. The smallest absolute Gasteiger partial charge is 0.246 e. The zero-order chi connectivity index (χ0) is 25.9. The van der Waals surface area contributed by atoms with Gasteiger partial charge in [-0.05, 0) is 54.9 Å². The Balaban J connectivity index is 1.44. The van der Waals surface area contributed by atoms with Crippen molar-refractivity contribution in [1.29, 1.82) is 5.26 Å². The fourth-order valence-electron chi connectivity index (χ4n) is 6.31. The fourth-order valence-corrected chi connectivity index (χ4v) is 6.31. The molecular formula is C28H24F2N6O. The second kappa shape index (κ2) is 8.23. The number of oxazole rings is 1. The maximum atomic E-state index is 14.5. The van der Waals surface area contributed by atoms with Crippen molar-refractivity contribution in [3.05, 3.63) is 77.2 Å². The number of aromatic nitrogens is 5. The van der Waals surface area contributed by atoms with Crippen molar-refractivity contribution in [2.45, 2.75) is 51.4 Å². The summed E-state index contributed by atoms with van der Waals surface area (Å²) in [6.45, 7) is 6.18. The molecule has 1 unspecified atom stereocenters. The Morgan fingerprint density at radius 3 is 2.68 bits per heavy atom. The van der Waals surface area contributed by atoms with Gasteiger partial charge in [0.1, 0.15) is 23.6 Å². The Morgan fingerprint density at radius 1 is 1.14 bits per heavy atom. The monoisotopic (exact) mass is 498 g/mol. The summed E-state index contributed by atoms with van der Waals surface area (Å²) in [7, 11) is 0. The van der Waals surface area contributed by atoms with E-state index in [1.165, 1.54) is 18.2 Å². The van der Waals surface area contributed by atoms with Crippen LogP contribution in [0.4, 0.5) is 8.78 Å². The Morgan fingerprint density at radius 2 is 1.92 bits per heavy atom. The molecule has 1 aromatic carbocycles. The number of fused-ring (bicyclic) bond motifs is 5. The second-order valence-corrected chi connectivity index (χ2v) is 10.5. The summed E-state index contributed by atoms with van der Waals surface area (Å²) in [6, 6.07) is 7.76. The van der Waals surface area contributed by atoms with Crippen molar-refractivity contribution >= 4 is 0 Å². The van der Waals surface area contributed by atoms with Crippen LogP contribution < -0.4 is 0 Å². The van der Waals surface area contributed by atoms with E-state index in [1.807, 2.05) is 6.92 Å². The van der Waals surface area contributed by atoms with Crippen LogP contribution in [-0.4, -0.2) is 25.1 Å². The van der Waals surface area contributed by atoms with Gasteiger partial charge >= 0.3 is 0 Å². The standard InChI is InChI=1S/C28H24F2N6O/c1-15(11-31)9-16-14-37-26(33-16)22-12-32-13-23(34-22)28-8-7-18(27(28,2)3)17-10-21(35-36-25(17)28)24-19(29)5-4-6-20(24)30/h4-6,10,12-15,18H,7-9H2,1-3H3/t15?,18-,28-/m0/s1. The summed E-state index contributed by atoms with van der Waals surface area (Å²) < 4.78 is 34.7. The molecule has 2 aliphatic rings. The van der Waals surface area contributed by atoms with Gasteiger partial charge in [0, 0.05) is 18.5 Å². The highest BCUT2D eigenvalue weighted by Crippen LogP contribution is 2.69. The second-order valence-electron chi connectivity index (χ2n) is 10.5. The molecule has 0 aliphatic heterocycles. The minimum atomic E-state index is -0.667. The number of hydrogen-bond donors (Lipinski definition) is 0. The van der Waals surface area contributed by atoms with Gasteiger partial charge in [-0.1, -0.05) is 19.9 Å². The topological polar surface area (TPSA) is 101 Å². The molecule has 3 aromatic heterocycles. The molecule has 0 amide bonds. The molecule has 3 atom stereocenters. The van der Waals surface area contributed by atoms with Crippen molar-refractivity contribution in [1.82, 2.24) is 25.1 Å². The molecule has 0 spiro atoms. The summed E-state index contributed by atoms with van der Waals surface area (Å²) in [5.74, 6) is -1.05. The maximum absolute atomic E-state index is 14.5. The summed E-state index contributed by atoms with van der Waals surface area (Å²) in [5.41, 5.74) is 2.80. The van der Waals surface area contributed by atoms with Crippen LogP contribution in [0.2, 0.25) is 0 Å². The minimum Gasteiger partial charge on any atom is -0.443 e. The minimum absolute atomic E-state index is 0.123. The van der Waals surface area contributed by atoms with Gasteiger partial charge in [-0.15, -0.1) is 5.10 Å². The Kier molecular flexibility index (Phi) is 5.19. The number of hydrogen-bond acceptors (Lipinski definition) is 7. The van der Waals surface area contributed by atoms with E-state index in [1.54, 1.807) is 24.7 Å². The highest BCUT2D eigenvalue weighted by Gasteiger charge is 2.65. The lowest BCUT2D eigenvalue weighted by Gasteiger charge is -2.37. The number of nitrogens with zero attached hydrogens (tertiary/aromatic N) is 6. The average Bonchev–Trinajstić information content (AvgIpc) is 3.51. The molecule has 186 valence electrons. The molecular weight excluding hydrogens is 474 g/mol. The summed E-state index contributed by atoms with van der Waals surface area (Å²) in [6.07, 6.45) is 7.07. The fraction of sp³-hybridized carbons (Fsp3) is 0.357. The van der Waals surface area contributed by atoms with Crippen LogP contribution in [0, 0.1) is 34.3 Å². The molecule has 0 radical (unpaired) electrons. The first-order chi connectivity index (χ1) is 17.8. The predicted molar refractivity (Wildman–Crippen MR) is 130 cm³/mol. The molecule has 7 nitrogen and oxygen atoms in total. The lowest BCUT2D eigenvalue weighted by molar-refractivity contribution is 0.242. The first-order valence-electron chi connectivity index (χ1n) is 12.3.